The molecule has 4 heteroatoms. The van der Waals surface area contributed by atoms with Crippen LogP contribution in [-0.2, 0) is 9.47 Å². The summed E-state index contributed by atoms with van der Waals surface area (Å²) < 4.78 is 26.9. The van der Waals surface area contributed by atoms with Crippen molar-refractivity contribution in [2.24, 2.45) is 0 Å². The topological polar surface area (TPSA) is 18.5 Å². The Bertz CT molecular complexity index is 261. The highest BCUT2D eigenvalue weighted by Crippen LogP contribution is 2.54. The second-order valence-corrected chi connectivity index (χ2v) is 12.8. The summed E-state index contributed by atoms with van der Waals surface area (Å²) in [5, 5.41) is -0.524. The number of ether oxygens (including phenoxy) is 2. The van der Waals surface area contributed by atoms with Gasteiger partial charge in [0.2, 0.25) is 0 Å². The van der Waals surface area contributed by atoms with Crippen molar-refractivity contribution in [3.8, 4) is 0 Å². The Labute approximate surface area is 119 Å². The fraction of sp³-hybridized carbons (Fsp3) is 1.00. The summed E-state index contributed by atoms with van der Waals surface area (Å²) >= 11 is 0. The van der Waals surface area contributed by atoms with Crippen molar-refractivity contribution in [2.45, 2.75) is 83.2 Å². The molecule has 1 rings (SSSR count). The van der Waals surface area contributed by atoms with Crippen molar-refractivity contribution in [2.75, 3.05) is 13.2 Å². The van der Waals surface area contributed by atoms with E-state index in [4.69, 9.17) is 9.47 Å². The molecule has 19 heavy (non-hydrogen) atoms. The van der Waals surface area contributed by atoms with Crippen molar-refractivity contribution in [3.05, 3.63) is 0 Å². The zero-order valence-corrected chi connectivity index (χ0v) is 14.5. The van der Waals surface area contributed by atoms with Gasteiger partial charge in [-0.05, 0) is 35.4 Å². The molecule has 0 spiro atoms. The lowest BCUT2D eigenvalue weighted by Crippen LogP contribution is -2.48. The molecule has 0 N–H and O–H groups in total. The van der Waals surface area contributed by atoms with E-state index in [1.54, 1.807) is 0 Å². The van der Waals surface area contributed by atoms with Gasteiger partial charge in [-0.3, -0.25) is 0 Å². The lowest BCUT2D eigenvalue weighted by molar-refractivity contribution is -0.159. The van der Waals surface area contributed by atoms with Crippen LogP contribution in [-0.4, -0.2) is 27.9 Å². The van der Waals surface area contributed by atoms with Crippen LogP contribution in [0, 0.1) is 0 Å². The molecule has 2 nitrogen and oxygen atoms in total. The Balaban J connectivity index is 2.55. The molecule has 1 unspecified atom stereocenters. The Morgan fingerprint density at radius 3 is 2.11 bits per heavy atom. The Kier molecular flexibility index (Phi) is 5.61. The minimum Gasteiger partial charge on any atom is -0.353 e. The van der Waals surface area contributed by atoms with Crippen molar-refractivity contribution in [1.82, 2.24) is 0 Å². The third-order valence-corrected chi connectivity index (χ3v) is 9.91. The van der Waals surface area contributed by atoms with Crippen LogP contribution < -0.4 is 0 Å². The van der Waals surface area contributed by atoms with E-state index in [1.807, 2.05) is 41.5 Å². The van der Waals surface area contributed by atoms with Crippen molar-refractivity contribution in [1.29, 1.82) is 0 Å². The molecule has 0 radical (unpaired) electrons. The number of halogens is 1. The van der Waals surface area contributed by atoms with Crippen molar-refractivity contribution in [3.63, 3.8) is 0 Å². The molecule has 1 heterocycles. The van der Waals surface area contributed by atoms with Crippen LogP contribution in [0.1, 0.15) is 60.8 Å². The molecule has 0 aromatic carbocycles. The van der Waals surface area contributed by atoms with E-state index in [0.717, 1.165) is 25.9 Å². The summed E-state index contributed by atoms with van der Waals surface area (Å²) in [5.41, 5.74) is 0. The summed E-state index contributed by atoms with van der Waals surface area (Å²) in [4.78, 5) is 0. The minimum absolute atomic E-state index is 0.105. The maximum atomic E-state index is 15.6. The van der Waals surface area contributed by atoms with Gasteiger partial charge in [-0.25, -0.2) is 0 Å². The predicted molar refractivity (Wildman–Crippen MR) is 80.6 cm³/mol. The van der Waals surface area contributed by atoms with E-state index in [-0.39, 0.29) is 16.4 Å². The molecule has 1 aliphatic rings. The maximum Gasteiger partial charge on any atom is 0.259 e. The number of hydrogen-bond acceptors (Lipinski definition) is 2. The molecule has 0 bridgehead atoms. The van der Waals surface area contributed by atoms with Gasteiger partial charge in [-0.2, -0.15) is 0 Å². The molecule has 0 aromatic rings. The van der Waals surface area contributed by atoms with E-state index in [0.29, 0.717) is 12.7 Å². The molecular weight excluding hydrogens is 259 g/mol. The maximum absolute atomic E-state index is 15.6. The van der Waals surface area contributed by atoms with Crippen LogP contribution in [0.15, 0.2) is 0 Å². The highest BCUT2D eigenvalue weighted by Gasteiger charge is 2.54. The molecular formula is C15H31FO2Si. The smallest absolute Gasteiger partial charge is 0.259 e. The molecule has 1 saturated heterocycles. The van der Waals surface area contributed by atoms with Gasteiger partial charge < -0.3 is 13.6 Å². The van der Waals surface area contributed by atoms with Crippen LogP contribution in [0.25, 0.3) is 0 Å². The SMILES string of the molecule is CC(C)(C)[Si](F)(CCOC1CCCCO1)C(C)(C)C. The molecule has 0 amide bonds. The highest BCUT2D eigenvalue weighted by molar-refractivity contribution is 6.78. The van der Waals surface area contributed by atoms with Crippen molar-refractivity contribution >= 4 is 8.41 Å². The van der Waals surface area contributed by atoms with Gasteiger partial charge in [0, 0.05) is 13.2 Å². The largest absolute Gasteiger partial charge is 0.353 e. The first-order chi connectivity index (χ1) is 8.58. The van der Waals surface area contributed by atoms with Gasteiger partial charge in [-0.1, -0.05) is 41.5 Å². The third kappa shape index (κ3) is 4.27. The van der Waals surface area contributed by atoms with E-state index in [1.165, 1.54) is 0 Å². The summed E-state index contributed by atoms with van der Waals surface area (Å²) in [6, 6.07) is 0.555. The fourth-order valence-electron chi connectivity index (χ4n) is 3.05. The van der Waals surface area contributed by atoms with Gasteiger partial charge in [0.15, 0.2) is 6.29 Å². The number of hydrogen-bond donors (Lipinski definition) is 0. The van der Waals surface area contributed by atoms with Gasteiger partial charge in [-0.15, -0.1) is 0 Å². The van der Waals surface area contributed by atoms with E-state index < -0.39 is 8.41 Å². The summed E-state index contributed by atoms with van der Waals surface area (Å²) in [7, 11) is -2.92. The van der Waals surface area contributed by atoms with E-state index in [9.17, 15) is 0 Å². The second kappa shape index (κ2) is 6.23. The van der Waals surface area contributed by atoms with Crippen molar-refractivity contribution < 1.29 is 13.6 Å². The lowest BCUT2D eigenvalue weighted by Gasteiger charge is -2.44. The first kappa shape index (κ1) is 17.1. The van der Waals surface area contributed by atoms with Crippen LogP contribution in [0.4, 0.5) is 4.11 Å². The molecule has 0 saturated carbocycles. The van der Waals surface area contributed by atoms with Gasteiger partial charge in [0.25, 0.3) is 8.41 Å². The fourth-order valence-corrected chi connectivity index (χ4v) is 7.20. The second-order valence-electron chi connectivity index (χ2n) is 7.72. The lowest BCUT2D eigenvalue weighted by atomic mass is 10.2. The normalized spacial score (nSPS) is 22.6. The average Bonchev–Trinajstić information content (AvgIpc) is 2.27. The zero-order chi connectivity index (χ0) is 14.7. The highest BCUT2D eigenvalue weighted by atomic mass is 28.4. The summed E-state index contributed by atoms with van der Waals surface area (Å²) in [6.45, 7) is 13.4. The van der Waals surface area contributed by atoms with Gasteiger partial charge in [0.1, 0.15) is 0 Å². The Morgan fingerprint density at radius 1 is 1.11 bits per heavy atom. The molecule has 1 atom stereocenters. The van der Waals surface area contributed by atoms with Gasteiger partial charge in [0.05, 0.1) is 0 Å². The third-order valence-electron chi connectivity index (χ3n) is 4.27. The first-order valence-electron chi connectivity index (χ1n) is 7.50. The van der Waals surface area contributed by atoms with Crippen LogP contribution in [0.5, 0.6) is 0 Å². The van der Waals surface area contributed by atoms with E-state index >= 15 is 4.11 Å². The average molecular weight is 290 g/mol. The quantitative estimate of drug-likeness (QED) is 0.533. The molecule has 114 valence electrons. The monoisotopic (exact) mass is 290 g/mol. The first-order valence-corrected chi connectivity index (χ1v) is 9.58. The molecule has 1 aliphatic heterocycles. The standard InChI is InChI=1S/C15H31FO2Si/c1-14(2,3)19(16,15(4,5)6)12-11-18-13-9-7-8-10-17-13/h13H,7-12H2,1-6H3. The number of rotatable bonds is 4. The minimum atomic E-state index is -2.92. The Morgan fingerprint density at radius 2 is 1.68 bits per heavy atom. The summed E-state index contributed by atoms with van der Waals surface area (Å²) in [6.07, 6.45) is 3.12. The molecule has 0 aromatic heterocycles. The molecule has 0 aliphatic carbocycles. The van der Waals surface area contributed by atoms with Gasteiger partial charge >= 0.3 is 0 Å². The summed E-state index contributed by atoms with van der Waals surface area (Å²) in [5.74, 6) is 0. The zero-order valence-electron chi connectivity index (χ0n) is 13.5. The van der Waals surface area contributed by atoms with Crippen LogP contribution >= 0.6 is 0 Å². The predicted octanol–water partition coefficient (Wildman–Crippen LogP) is 5.04. The van der Waals surface area contributed by atoms with Crippen LogP contribution in [0.2, 0.25) is 16.1 Å². The van der Waals surface area contributed by atoms with E-state index in [2.05, 4.69) is 0 Å². The van der Waals surface area contributed by atoms with Crippen LogP contribution in [0.3, 0.4) is 0 Å². The molecule has 1 fully saturated rings. The Hall–Kier alpha value is 0.0669.